The molecular formula is C12H16F2N2O. The number of nitrogens with one attached hydrogen (secondary N) is 1. The zero-order valence-corrected chi connectivity index (χ0v) is 9.59. The SMILES string of the molecule is Fc1cccc(F)c1OCCN1CCNCC1. The number of para-hydroxylation sites is 1. The highest BCUT2D eigenvalue weighted by Gasteiger charge is 2.12. The predicted molar refractivity (Wildman–Crippen MR) is 61.2 cm³/mol. The first-order valence-electron chi connectivity index (χ1n) is 5.77. The van der Waals surface area contributed by atoms with Crippen LogP contribution in [0.1, 0.15) is 0 Å². The Kier molecular flexibility index (Phi) is 4.28. The van der Waals surface area contributed by atoms with Crippen molar-refractivity contribution in [3.8, 4) is 5.75 Å². The molecule has 1 aliphatic rings. The van der Waals surface area contributed by atoms with Crippen molar-refractivity contribution in [3.05, 3.63) is 29.8 Å². The largest absolute Gasteiger partial charge is 0.486 e. The second-order valence-electron chi connectivity index (χ2n) is 3.99. The number of hydrogen-bond donors (Lipinski definition) is 1. The number of nitrogens with zero attached hydrogens (tertiary/aromatic N) is 1. The van der Waals surface area contributed by atoms with Gasteiger partial charge in [0.05, 0.1) is 0 Å². The maximum Gasteiger partial charge on any atom is 0.190 e. The maximum atomic E-state index is 13.2. The summed E-state index contributed by atoms with van der Waals surface area (Å²) in [5, 5.41) is 3.24. The number of benzene rings is 1. The molecule has 2 rings (SSSR count). The Morgan fingerprint density at radius 2 is 1.82 bits per heavy atom. The zero-order valence-electron chi connectivity index (χ0n) is 9.59. The van der Waals surface area contributed by atoms with Crippen LogP contribution in [-0.2, 0) is 0 Å². The fourth-order valence-corrected chi connectivity index (χ4v) is 1.83. The van der Waals surface area contributed by atoms with Gasteiger partial charge in [-0.3, -0.25) is 4.90 Å². The van der Waals surface area contributed by atoms with Gasteiger partial charge in [-0.15, -0.1) is 0 Å². The van der Waals surface area contributed by atoms with Crippen LogP contribution in [0.2, 0.25) is 0 Å². The summed E-state index contributed by atoms with van der Waals surface area (Å²) in [6, 6.07) is 3.72. The minimum Gasteiger partial charge on any atom is -0.486 e. The Morgan fingerprint density at radius 1 is 1.18 bits per heavy atom. The number of rotatable bonds is 4. The summed E-state index contributed by atoms with van der Waals surface area (Å²) in [6.07, 6.45) is 0. The van der Waals surface area contributed by atoms with Crippen LogP contribution in [0.5, 0.6) is 5.75 Å². The predicted octanol–water partition coefficient (Wildman–Crippen LogP) is 1.25. The van der Waals surface area contributed by atoms with Crippen molar-refractivity contribution in [1.29, 1.82) is 0 Å². The van der Waals surface area contributed by atoms with Crippen molar-refractivity contribution < 1.29 is 13.5 Å². The summed E-state index contributed by atoms with van der Waals surface area (Å²) in [7, 11) is 0. The molecule has 94 valence electrons. The van der Waals surface area contributed by atoms with Gasteiger partial charge in [-0.05, 0) is 12.1 Å². The number of hydrogen-bond acceptors (Lipinski definition) is 3. The third-order valence-corrected chi connectivity index (χ3v) is 2.78. The van der Waals surface area contributed by atoms with Gasteiger partial charge in [0.25, 0.3) is 0 Å². The van der Waals surface area contributed by atoms with E-state index in [-0.39, 0.29) is 5.75 Å². The zero-order chi connectivity index (χ0) is 12.1. The Hall–Kier alpha value is -1.20. The highest BCUT2D eigenvalue weighted by atomic mass is 19.1. The van der Waals surface area contributed by atoms with E-state index in [0.29, 0.717) is 13.2 Å². The molecule has 0 saturated carbocycles. The summed E-state index contributed by atoms with van der Waals surface area (Å²) in [6.45, 7) is 4.79. The Labute approximate surface area is 99.4 Å². The summed E-state index contributed by atoms with van der Waals surface area (Å²) in [5.74, 6) is -1.57. The molecule has 1 saturated heterocycles. The van der Waals surface area contributed by atoms with E-state index in [2.05, 4.69) is 10.2 Å². The minimum absolute atomic E-state index is 0.275. The fourth-order valence-electron chi connectivity index (χ4n) is 1.83. The van der Waals surface area contributed by atoms with E-state index in [4.69, 9.17) is 4.74 Å². The van der Waals surface area contributed by atoms with Crippen molar-refractivity contribution >= 4 is 0 Å². The van der Waals surface area contributed by atoms with Crippen LogP contribution in [0.25, 0.3) is 0 Å². The monoisotopic (exact) mass is 242 g/mol. The quantitative estimate of drug-likeness (QED) is 0.860. The fraction of sp³-hybridized carbons (Fsp3) is 0.500. The van der Waals surface area contributed by atoms with Crippen LogP contribution in [0.4, 0.5) is 8.78 Å². The van der Waals surface area contributed by atoms with Gasteiger partial charge in [0.15, 0.2) is 17.4 Å². The molecule has 1 aromatic carbocycles. The molecule has 0 atom stereocenters. The molecule has 0 aromatic heterocycles. The lowest BCUT2D eigenvalue weighted by atomic mass is 10.3. The molecular weight excluding hydrogens is 226 g/mol. The molecule has 0 bridgehead atoms. The number of halogens is 2. The van der Waals surface area contributed by atoms with Crippen molar-refractivity contribution in [2.24, 2.45) is 0 Å². The van der Waals surface area contributed by atoms with Crippen molar-refractivity contribution in [1.82, 2.24) is 10.2 Å². The molecule has 0 aliphatic carbocycles. The summed E-state index contributed by atoms with van der Waals surface area (Å²) in [4.78, 5) is 2.20. The van der Waals surface area contributed by atoms with Crippen molar-refractivity contribution in [2.45, 2.75) is 0 Å². The van der Waals surface area contributed by atoms with Crippen LogP contribution in [0.15, 0.2) is 18.2 Å². The molecule has 1 aliphatic heterocycles. The smallest absolute Gasteiger partial charge is 0.190 e. The van der Waals surface area contributed by atoms with Crippen molar-refractivity contribution in [3.63, 3.8) is 0 Å². The van der Waals surface area contributed by atoms with Crippen LogP contribution in [0.3, 0.4) is 0 Å². The molecule has 5 heteroatoms. The molecule has 1 heterocycles. The lowest BCUT2D eigenvalue weighted by Gasteiger charge is -2.26. The molecule has 0 amide bonds. The molecule has 1 fully saturated rings. The Morgan fingerprint density at radius 3 is 2.47 bits per heavy atom. The molecule has 0 spiro atoms. The first-order chi connectivity index (χ1) is 8.27. The van der Waals surface area contributed by atoms with Crippen LogP contribution in [0, 0.1) is 11.6 Å². The van der Waals surface area contributed by atoms with E-state index < -0.39 is 11.6 Å². The Bertz CT molecular complexity index is 347. The van der Waals surface area contributed by atoms with Crippen LogP contribution < -0.4 is 10.1 Å². The van der Waals surface area contributed by atoms with Gasteiger partial charge in [-0.1, -0.05) is 6.07 Å². The van der Waals surface area contributed by atoms with E-state index in [1.54, 1.807) is 0 Å². The van der Waals surface area contributed by atoms with Gasteiger partial charge < -0.3 is 10.1 Å². The second-order valence-corrected chi connectivity index (χ2v) is 3.99. The van der Waals surface area contributed by atoms with Gasteiger partial charge in [0.1, 0.15) is 6.61 Å². The third-order valence-electron chi connectivity index (χ3n) is 2.78. The highest BCUT2D eigenvalue weighted by Crippen LogP contribution is 2.20. The van der Waals surface area contributed by atoms with Crippen LogP contribution in [-0.4, -0.2) is 44.2 Å². The maximum absolute atomic E-state index is 13.2. The third kappa shape index (κ3) is 3.38. The van der Waals surface area contributed by atoms with E-state index >= 15 is 0 Å². The lowest BCUT2D eigenvalue weighted by Crippen LogP contribution is -2.44. The van der Waals surface area contributed by atoms with Crippen molar-refractivity contribution in [2.75, 3.05) is 39.3 Å². The van der Waals surface area contributed by atoms with Gasteiger partial charge in [-0.25, -0.2) is 8.78 Å². The molecule has 17 heavy (non-hydrogen) atoms. The van der Waals surface area contributed by atoms with E-state index in [0.717, 1.165) is 26.2 Å². The minimum atomic E-state index is -0.648. The molecule has 1 aromatic rings. The van der Waals surface area contributed by atoms with E-state index in [9.17, 15) is 8.78 Å². The summed E-state index contributed by atoms with van der Waals surface area (Å²) in [5.41, 5.74) is 0. The number of piperazine rings is 1. The lowest BCUT2D eigenvalue weighted by molar-refractivity contribution is 0.184. The number of ether oxygens (including phenoxy) is 1. The van der Waals surface area contributed by atoms with E-state index in [1.165, 1.54) is 18.2 Å². The highest BCUT2D eigenvalue weighted by molar-refractivity contribution is 5.25. The average Bonchev–Trinajstić information content (AvgIpc) is 2.34. The standard InChI is InChI=1S/C12H16F2N2O/c13-10-2-1-3-11(14)12(10)17-9-8-16-6-4-15-5-7-16/h1-3,15H,4-9H2. The molecule has 1 N–H and O–H groups in total. The normalized spacial score (nSPS) is 17.1. The van der Waals surface area contributed by atoms with Gasteiger partial charge in [0.2, 0.25) is 0 Å². The average molecular weight is 242 g/mol. The van der Waals surface area contributed by atoms with Gasteiger partial charge in [-0.2, -0.15) is 0 Å². The Balaban J connectivity index is 1.81. The van der Waals surface area contributed by atoms with E-state index in [1.807, 2.05) is 0 Å². The second kappa shape index (κ2) is 5.93. The molecule has 0 unspecified atom stereocenters. The van der Waals surface area contributed by atoms with Crippen LogP contribution >= 0.6 is 0 Å². The first kappa shape index (κ1) is 12.3. The molecule has 0 radical (unpaired) electrons. The summed E-state index contributed by atoms with van der Waals surface area (Å²) < 4.78 is 31.6. The van der Waals surface area contributed by atoms with Gasteiger partial charge >= 0.3 is 0 Å². The van der Waals surface area contributed by atoms with Gasteiger partial charge in [0, 0.05) is 32.7 Å². The topological polar surface area (TPSA) is 24.5 Å². The molecule has 3 nitrogen and oxygen atoms in total. The summed E-state index contributed by atoms with van der Waals surface area (Å²) >= 11 is 0. The first-order valence-corrected chi connectivity index (χ1v) is 5.77.